The molecule has 1 aromatic heterocycles. The molecule has 25 heavy (non-hydrogen) atoms. The van der Waals surface area contributed by atoms with Crippen LogP contribution in [-0.4, -0.2) is 22.8 Å². The van der Waals surface area contributed by atoms with Crippen LogP contribution < -0.4 is 4.74 Å². The number of rotatable bonds is 6. The minimum atomic E-state index is -2.87. The Balaban J connectivity index is 1.65. The second-order valence-electron chi connectivity index (χ2n) is 5.12. The lowest BCUT2D eigenvalue weighted by Crippen LogP contribution is -2.06. The molecule has 0 amide bonds. The topological polar surface area (TPSA) is 64.2 Å². The molecule has 0 aliphatic rings. The van der Waals surface area contributed by atoms with Crippen molar-refractivity contribution in [2.75, 3.05) is 0 Å². The lowest BCUT2D eigenvalue weighted by Gasteiger charge is -2.07. The Bertz CT molecular complexity index is 833. The predicted octanol–water partition coefficient (Wildman–Crippen LogP) is 4.04. The molecule has 0 bridgehead atoms. The molecule has 0 unspecified atom stereocenters. The number of carbonyl (C=O) groups is 1. The summed E-state index contributed by atoms with van der Waals surface area (Å²) in [7, 11) is 0. The maximum atomic E-state index is 12.3. The zero-order valence-electron chi connectivity index (χ0n) is 13.0. The fourth-order valence-electron chi connectivity index (χ4n) is 2.26. The molecule has 0 saturated carbocycles. The molecule has 128 valence electrons. The Kier molecular flexibility index (Phi) is 5.03. The van der Waals surface area contributed by atoms with E-state index < -0.39 is 12.6 Å². The van der Waals surface area contributed by atoms with E-state index in [4.69, 9.17) is 4.74 Å². The number of esters is 1. The van der Waals surface area contributed by atoms with E-state index in [0.717, 1.165) is 5.56 Å². The number of aromatic nitrogens is 2. The summed E-state index contributed by atoms with van der Waals surface area (Å²) in [4.78, 5) is 12.3. The van der Waals surface area contributed by atoms with E-state index in [1.54, 1.807) is 12.1 Å². The van der Waals surface area contributed by atoms with Crippen LogP contribution in [0, 0.1) is 0 Å². The van der Waals surface area contributed by atoms with Crippen molar-refractivity contribution in [2.24, 2.45) is 0 Å². The van der Waals surface area contributed by atoms with E-state index >= 15 is 0 Å². The van der Waals surface area contributed by atoms with E-state index in [0.29, 0.717) is 16.8 Å². The van der Waals surface area contributed by atoms with Gasteiger partial charge in [-0.2, -0.15) is 13.9 Å². The van der Waals surface area contributed by atoms with Gasteiger partial charge in [0.15, 0.2) is 0 Å². The molecule has 5 nitrogen and oxygen atoms in total. The van der Waals surface area contributed by atoms with E-state index in [2.05, 4.69) is 14.9 Å². The third kappa shape index (κ3) is 4.20. The number of halogens is 2. The smallest absolute Gasteiger partial charge is 0.387 e. The van der Waals surface area contributed by atoms with Gasteiger partial charge in [0, 0.05) is 5.56 Å². The highest BCUT2D eigenvalue weighted by Gasteiger charge is 2.16. The molecule has 0 radical (unpaired) electrons. The molecule has 0 fully saturated rings. The fourth-order valence-corrected chi connectivity index (χ4v) is 2.26. The number of hydrogen-bond donors (Lipinski definition) is 1. The standard InChI is InChI=1S/C18H14F2N2O3/c19-18(20)25-14-8-6-12(7-9-14)11-24-17(23)15-10-21-22-16(15)13-4-2-1-3-5-13/h1-10,18H,11H2,(H,21,22). The van der Waals surface area contributed by atoms with E-state index in [1.165, 1.54) is 18.3 Å². The van der Waals surface area contributed by atoms with Gasteiger partial charge in [-0.05, 0) is 17.7 Å². The maximum absolute atomic E-state index is 12.3. The highest BCUT2D eigenvalue weighted by atomic mass is 19.3. The van der Waals surface area contributed by atoms with Crippen LogP contribution >= 0.6 is 0 Å². The highest BCUT2D eigenvalue weighted by Crippen LogP contribution is 2.22. The summed E-state index contributed by atoms with van der Waals surface area (Å²) in [5.74, 6) is -0.480. The van der Waals surface area contributed by atoms with Gasteiger partial charge in [-0.15, -0.1) is 0 Å². The summed E-state index contributed by atoms with van der Waals surface area (Å²) in [5.41, 5.74) is 2.37. The summed E-state index contributed by atoms with van der Waals surface area (Å²) in [5, 5.41) is 6.69. The molecule has 1 N–H and O–H groups in total. The lowest BCUT2D eigenvalue weighted by molar-refractivity contribution is -0.0498. The van der Waals surface area contributed by atoms with Crippen LogP contribution in [0.3, 0.4) is 0 Å². The van der Waals surface area contributed by atoms with Gasteiger partial charge in [-0.25, -0.2) is 4.79 Å². The zero-order valence-corrected chi connectivity index (χ0v) is 13.0. The molecule has 7 heteroatoms. The molecule has 0 spiro atoms. The lowest BCUT2D eigenvalue weighted by atomic mass is 10.1. The van der Waals surface area contributed by atoms with Crippen molar-refractivity contribution >= 4 is 5.97 Å². The molecule has 3 rings (SSSR count). The number of H-pyrrole nitrogens is 1. The van der Waals surface area contributed by atoms with Crippen LogP contribution in [0.25, 0.3) is 11.3 Å². The van der Waals surface area contributed by atoms with Gasteiger partial charge < -0.3 is 9.47 Å². The summed E-state index contributed by atoms with van der Waals surface area (Å²) in [6, 6.07) is 15.2. The number of carbonyl (C=O) groups excluding carboxylic acids is 1. The summed E-state index contributed by atoms with van der Waals surface area (Å²) < 4.78 is 33.8. The Hall–Kier alpha value is -3.22. The van der Waals surface area contributed by atoms with Gasteiger partial charge >= 0.3 is 12.6 Å². The molecule has 1 heterocycles. The average Bonchev–Trinajstić information content (AvgIpc) is 3.11. The average molecular weight is 344 g/mol. The normalized spacial score (nSPS) is 10.7. The van der Waals surface area contributed by atoms with Gasteiger partial charge in [0.25, 0.3) is 0 Å². The van der Waals surface area contributed by atoms with Crippen molar-refractivity contribution < 1.29 is 23.0 Å². The van der Waals surface area contributed by atoms with Crippen molar-refractivity contribution in [1.82, 2.24) is 10.2 Å². The first-order valence-electron chi connectivity index (χ1n) is 7.43. The minimum absolute atomic E-state index is 0.00714. The Morgan fingerprint density at radius 3 is 2.48 bits per heavy atom. The number of aromatic amines is 1. The van der Waals surface area contributed by atoms with Crippen molar-refractivity contribution in [1.29, 1.82) is 0 Å². The van der Waals surface area contributed by atoms with Crippen LogP contribution in [0.4, 0.5) is 8.78 Å². The highest BCUT2D eigenvalue weighted by molar-refractivity contribution is 5.95. The van der Waals surface area contributed by atoms with Gasteiger partial charge in [0.05, 0.1) is 11.9 Å². The molecule has 2 aromatic carbocycles. The third-order valence-corrected chi connectivity index (χ3v) is 3.44. The number of nitrogens with one attached hydrogen (secondary N) is 1. The van der Waals surface area contributed by atoms with E-state index in [1.807, 2.05) is 30.3 Å². The molecular weight excluding hydrogens is 330 g/mol. The largest absolute Gasteiger partial charge is 0.457 e. The zero-order chi connectivity index (χ0) is 17.6. The Morgan fingerprint density at radius 2 is 1.80 bits per heavy atom. The Labute approximate surface area is 142 Å². The van der Waals surface area contributed by atoms with E-state index in [9.17, 15) is 13.6 Å². The molecule has 0 aliphatic carbocycles. The summed E-state index contributed by atoms with van der Waals surface area (Å²) >= 11 is 0. The number of hydrogen-bond acceptors (Lipinski definition) is 4. The summed E-state index contributed by atoms with van der Waals surface area (Å²) in [6.45, 7) is -2.87. The van der Waals surface area contributed by atoms with Crippen LogP contribution in [-0.2, 0) is 11.3 Å². The number of benzene rings is 2. The second-order valence-corrected chi connectivity index (χ2v) is 5.12. The van der Waals surface area contributed by atoms with Crippen LogP contribution in [0.15, 0.2) is 60.8 Å². The monoisotopic (exact) mass is 344 g/mol. The van der Waals surface area contributed by atoms with Gasteiger partial charge in [-0.1, -0.05) is 42.5 Å². The molecule has 0 aliphatic heterocycles. The van der Waals surface area contributed by atoms with Crippen molar-refractivity contribution in [3.63, 3.8) is 0 Å². The van der Waals surface area contributed by atoms with Gasteiger partial charge in [0.2, 0.25) is 0 Å². The Morgan fingerprint density at radius 1 is 1.08 bits per heavy atom. The van der Waals surface area contributed by atoms with Crippen molar-refractivity contribution in [3.8, 4) is 17.0 Å². The molecular formula is C18H14F2N2O3. The third-order valence-electron chi connectivity index (χ3n) is 3.44. The minimum Gasteiger partial charge on any atom is -0.457 e. The number of alkyl halides is 2. The first kappa shape index (κ1) is 16.6. The molecule has 3 aromatic rings. The van der Waals surface area contributed by atoms with E-state index in [-0.39, 0.29) is 12.4 Å². The quantitative estimate of drug-likeness (QED) is 0.686. The molecule has 0 saturated heterocycles. The van der Waals surface area contributed by atoms with Crippen LogP contribution in [0.2, 0.25) is 0 Å². The fraction of sp³-hybridized carbons (Fsp3) is 0.111. The number of nitrogens with zero attached hydrogens (tertiary/aromatic N) is 1. The van der Waals surface area contributed by atoms with Crippen LogP contribution in [0.1, 0.15) is 15.9 Å². The van der Waals surface area contributed by atoms with Crippen molar-refractivity contribution in [2.45, 2.75) is 13.2 Å². The SMILES string of the molecule is O=C(OCc1ccc(OC(F)F)cc1)c1cn[nH]c1-c1ccccc1. The number of ether oxygens (including phenoxy) is 2. The maximum Gasteiger partial charge on any atom is 0.387 e. The first-order valence-corrected chi connectivity index (χ1v) is 7.43. The second kappa shape index (κ2) is 7.57. The van der Waals surface area contributed by atoms with Crippen LogP contribution in [0.5, 0.6) is 5.75 Å². The summed E-state index contributed by atoms with van der Waals surface area (Å²) in [6.07, 6.45) is 1.41. The molecule has 0 atom stereocenters. The predicted molar refractivity (Wildman–Crippen MR) is 86.2 cm³/mol. The van der Waals surface area contributed by atoms with Crippen molar-refractivity contribution in [3.05, 3.63) is 71.9 Å². The first-order chi connectivity index (χ1) is 12.1. The van der Waals surface area contributed by atoms with Gasteiger partial charge in [0.1, 0.15) is 17.9 Å². The van der Waals surface area contributed by atoms with Gasteiger partial charge in [-0.3, -0.25) is 5.10 Å².